The average molecular weight is 391 g/mol. The summed E-state index contributed by atoms with van der Waals surface area (Å²) in [5.74, 6) is 1.29. The lowest BCUT2D eigenvalue weighted by Gasteiger charge is -2.25. The molecule has 5 nitrogen and oxygen atoms in total. The zero-order valence-electron chi connectivity index (χ0n) is 15.7. The smallest absolute Gasteiger partial charge is 0.232 e. The topological polar surface area (TPSA) is 59.2 Å². The summed E-state index contributed by atoms with van der Waals surface area (Å²) < 4.78 is 5.54. The van der Waals surface area contributed by atoms with E-state index in [-0.39, 0.29) is 17.9 Å². The molecular formula is C22H21N3O2S. The van der Waals surface area contributed by atoms with E-state index in [1.807, 2.05) is 23.3 Å². The molecule has 1 amide bonds. The molecule has 1 fully saturated rings. The van der Waals surface area contributed by atoms with Crippen LogP contribution in [0.4, 0.5) is 0 Å². The highest BCUT2D eigenvalue weighted by Gasteiger charge is 2.40. The zero-order valence-corrected chi connectivity index (χ0v) is 16.5. The SMILES string of the molecule is CSc1ccc(-c2noc(C3CC(=O)N(C4CCc5ccccc54)C3)n2)cc1. The Bertz CT molecular complexity index is 1010. The minimum atomic E-state index is -0.0352. The first kappa shape index (κ1) is 17.5. The van der Waals surface area contributed by atoms with Crippen molar-refractivity contribution in [1.29, 1.82) is 0 Å². The van der Waals surface area contributed by atoms with Gasteiger partial charge in [-0.25, -0.2) is 0 Å². The van der Waals surface area contributed by atoms with Crippen molar-refractivity contribution in [3.05, 3.63) is 65.5 Å². The van der Waals surface area contributed by atoms with Crippen LogP contribution in [-0.2, 0) is 11.2 Å². The number of carbonyl (C=O) groups excluding carboxylic acids is 1. The summed E-state index contributed by atoms with van der Waals surface area (Å²) in [6.07, 6.45) is 4.51. The highest BCUT2D eigenvalue weighted by molar-refractivity contribution is 7.98. The summed E-state index contributed by atoms with van der Waals surface area (Å²) >= 11 is 1.70. The van der Waals surface area contributed by atoms with Gasteiger partial charge in [-0.3, -0.25) is 4.79 Å². The predicted octanol–water partition coefficient (Wildman–Crippen LogP) is 4.46. The third kappa shape index (κ3) is 3.02. The van der Waals surface area contributed by atoms with Crippen LogP contribution in [0.3, 0.4) is 0 Å². The standard InChI is InChI=1S/C22H21N3O2S/c1-28-17-9-6-15(7-10-17)21-23-22(27-24-21)16-12-20(26)25(13-16)19-11-8-14-4-2-3-5-18(14)19/h2-7,9-10,16,19H,8,11-13H2,1H3. The number of hydrogen-bond acceptors (Lipinski definition) is 5. The molecule has 0 radical (unpaired) electrons. The van der Waals surface area contributed by atoms with Crippen molar-refractivity contribution >= 4 is 17.7 Å². The molecule has 0 bridgehead atoms. The minimum absolute atomic E-state index is 0.0352. The van der Waals surface area contributed by atoms with Gasteiger partial charge in [-0.1, -0.05) is 29.4 Å². The van der Waals surface area contributed by atoms with Crippen molar-refractivity contribution in [2.24, 2.45) is 0 Å². The van der Waals surface area contributed by atoms with Crippen molar-refractivity contribution in [2.75, 3.05) is 12.8 Å². The van der Waals surface area contributed by atoms with E-state index < -0.39 is 0 Å². The van der Waals surface area contributed by atoms with Gasteiger partial charge in [-0.2, -0.15) is 4.98 Å². The maximum atomic E-state index is 12.7. The summed E-state index contributed by atoms with van der Waals surface area (Å²) in [5, 5.41) is 4.15. The van der Waals surface area contributed by atoms with Gasteiger partial charge in [0.1, 0.15) is 0 Å². The lowest BCUT2D eigenvalue weighted by molar-refractivity contribution is -0.129. The quantitative estimate of drug-likeness (QED) is 0.615. The van der Waals surface area contributed by atoms with Crippen LogP contribution < -0.4 is 0 Å². The molecule has 1 aliphatic carbocycles. The van der Waals surface area contributed by atoms with E-state index >= 15 is 0 Å². The third-order valence-corrected chi connectivity index (χ3v) is 6.52. The molecule has 5 rings (SSSR count). The first-order chi connectivity index (χ1) is 13.7. The lowest BCUT2D eigenvalue weighted by Crippen LogP contribution is -2.28. The largest absolute Gasteiger partial charge is 0.339 e. The Hall–Kier alpha value is -2.60. The molecule has 2 aliphatic rings. The van der Waals surface area contributed by atoms with Crippen molar-refractivity contribution in [3.8, 4) is 11.4 Å². The second-order valence-electron chi connectivity index (χ2n) is 7.39. The molecule has 6 heteroatoms. The van der Waals surface area contributed by atoms with Gasteiger partial charge in [0, 0.05) is 23.4 Å². The molecule has 0 spiro atoms. The van der Waals surface area contributed by atoms with Crippen molar-refractivity contribution in [1.82, 2.24) is 15.0 Å². The monoisotopic (exact) mass is 391 g/mol. The maximum absolute atomic E-state index is 12.7. The number of amides is 1. The number of hydrogen-bond donors (Lipinski definition) is 0. The predicted molar refractivity (Wildman–Crippen MR) is 108 cm³/mol. The van der Waals surface area contributed by atoms with Gasteiger partial charge in [-0.05, 0) is 54.5 Å². The van der Waals surface area contributed by atoms with Crippen molar-refractivity contribution in [3.63, 3.8) is 0 Å². The number of nitrogens with zero attached hydrogens (tertiary/aromatic N) is 3. The Balaban J connectivity index is 1.34. The summed E-state index contributed by atoms with van der Waals surface area (Å²) in [5.41, 5.74) is 3.58. The lowest BCUT2D eigenvalue weighted by atomic mass is 10.1. The highest BCUT2D eigenvalue weighted by atomic mass is 32.2. The molecule has 28 heavy (non-hydrogen) atoms. The molecular weight excluding hydrogens is 370 g/mol. The van der Waals surface area contributed by atoms with Crippen LogP contribution in [-0.4, -0.2) is 33.7 Å². The molecule has 1 saturated heterocycles. The maximum Gasteiger partial charge on any atom is 0.232 e. The van der Waals surface area contributed by atoms with E-state index in [0.717, 1.165) is 18.4 Å². The number of likely N-dealkylation sites (tertiary alicyclic amines) is 1. The van der Waals surface area contributed by atoms with Crippen LogP contribution in [0.5, 0.6) is 0 Å². The summed E-state index contributed by atoms with van der Waals surface area (Å²) in [7, 11) is 0. The highest BCUT2D eigenvalue weighted by Crippen LogP contribution is 2.40. The van der Waals surface area contributed by atoms with Gasteiger partial charge in [0.05, 0.1) is 12.0 Å². The van der Waals surface area contributed by atoms with E-state index in [9.17, 15) is 4.79 Å². The molecule has 2 unspecified atom stereocenters. The van der Waals surface area contributed by atoms with Gasteiger partial charge in [0.25, 0.3) is 0 Å². The van der Waals surface area contributed by atoms with Crippen LogP contribution in [0.25, 0.3) is 11.4 Å². The van der Waals surface area contributed by atoms with Gasteiger partial charge in [0.2, 0.25) is 17.6 Å². The van der Waals surface area contributed by atoms with Gasteiger partial charge in [0.15, 0.2) is 0 Å². The molecule has 2 aromatic carbocycles. The van der Waals surface area contributed by atoms with E-state index in [4.69, 9.17) is 4.52 Å². The van der Waals surface area contributed by atoms with Crippen LogP contribution in [0, 0.1) is 0 Å². The molecule has 0 N–H and O–H groups in total. The van der Waals surface area contributed by atoms with Gasteiger partial charge in [-0.15, -0.1) is 11.8 Å². The van der Waals surface area contributed by atoms with Crippen molar-refractivity contribution < 1.29 is 9.32 Å². The number of aryl methyl sites for hydroxylation is 1. The second kappa shape index (κ2) is 7.09. The fourth-order valence-corrected chi connectivity index (χ4v) is 4.72. The molecule has 142 valence electrons. The second-order valence-corrected chi connectivity index (χ2v) is 8.26. The summed E-state index contributed by atoms with van der Waals surface area (Å²) in [6.45, 7) is 0.644. The van der Waals surface area contributed by atoms with E-state index in [1.165, 1.54) is 16.0 Å². The number of carbonyl (C=O) groups is 1. The first-order valence-electron chi connectivity index (χ1n) is 9.58. The minimum Gasteiger partial charge on any atom is -0.339 e. The van der Waals surface area contributed by atoms with Gasteiger partial charge < -0.3 is 9.42 Å². The van der Waals surface area contributed by atoms with Crippen molar-refractivity contribution in [2.45, 2.75) is 36.1 Å². The molecule has 1 aliphatic heterocycles. The van der Waals surface area contributed by atoms with E-state index in [0.29, 0.717) is 24.7 Å². The average Bonchev–Trinajstić information content (AvgIpc) is 3.46. The Morgan fingerprint density at radius 2 is 1.96 bits per heavy atom. The van der Waals surface area contributed by atoms with E-state index in [1.54, 1.807) is 11.8 Å². The van der Waals surface area contributed by atoms with Crippen LogP contribution in [0.1, 0.15) is 41.8 Å². The molecule has 0 saturated carbocycles. The zero-order chi connectivity index (χ0) is 19.1. The van der Waals surface area contributed by atoms with E-state index in [2.05, 4.69) is 46.5 Å². The fourth-order valence-electron chi connectivity index (χ4n) is 4.32. The Morgan fingerprint density at radius 3 is 2.79 bits per heavy atom. The summed E-state index contributed by atoms with van der Waals surface area (Å²) in [6, 6.07) is 16.7. The Kier molecular flexibility index (Phi) is 4.43. The number of aromatic nitrogens is 2. The molecule has 2 heterocycles. The molecule has 2 atom stereocenters. The van der Waals surface area contributed by atoms with Gasteiger partial charge >= 0.3 is 0 Å². The normalized spacial score (nSPS) is 21.3. The Morgan fingerprint density at radius 1 is 1.14 bits per heavy atom. The molecule has 1 aromatic heterocycles. The van der Waals surface area contributed by atoms with Crippen LogP contribution in [0.2, 0.25) is 0 Å². The number of benzene rings is 2. The fraction of sp³-hybridized carbons (Fsp3) is 0.318. The van der Waals surface area contributed by atoms with Crippen LogP contribution >= 0.6 is 11.8 Å². The number of fused-ring (bicyclic) bond motifs is 1. The first-order valence-corrected chi connectivity index (χ1v) is 10.8. The van der Waals surface area contributed by atoms with Crippen LogP contribution in [0.15, 0.2) is 57.9 Å². The number of rotatable bonds is 4. The Labute approximate surface area is 168 Å². The molecule has 3 aromatic rings. The third-order valence-electron chi connectivity index (χ3n) is 5.78. The summed E-state index contributed by atoms with van der Waals surface area (Å²) in [4.78, 5) is 20.5. The number of thioether (sulfide) groups is 1.